The molecular formula is C28H49BrN4O3. The molecule has 2 heterocycles. The van der Waals surface area contributed by atoms with E-state index in [9.17, 15) is 14.4 Å². The fraction of sp³-hybridized carbons (Fsp3) is 0.821. The average Bonchev–Trinajstić information content (AvgIpc) is 2.84. The summed E-state index contributed by atoms with van der Waals surface area (Å²) in [5.74, 6) is -0.0541. The summed E-state index contributed by atoms with van der Waals surface area (Å²) >= 11 is 3.64. The molecular weight excluding hydrogens is 520 g/mol. The third-order valence-electron chi connectivity index (χ3n) is 7.69. The Labute approximate surface area is 227 Å². The monoisotopic (exact) mass is 568 g/mol. The number of amides is 3. The number of rotatable bonds is 9. The molecule has 0 saturated carbocycles. The number of alkyl halides is 1. The average molecular weight is 570 g/mol. The lowest BCUT2D eigenvalue weighted by Gasteiger charge is -2.39. The van der Waals surface area contributed by atoms with E-state index in [4.69, 9.17) is 0 Å². The third kappa shape index (κ3) is 8.04. The van der Waals surface area contributed by atoms with Crippen molar-refractivity contribution < 1.29 is 14.4 Å². The van der Waals surface area contributed by atoms with Crippen molar-refractivity contribution in [1.82, 2.24) is 20.0 Å². The van der Waals surface area contributed by atoms with Crippen molar-refractivity contribution in [2.45, 2.75) is 110 Å². The van der Waals surface area contributed by atoms with Crippen LogP contribution in [0.2, 0.25) is 0 Å². The first-order valence-electron chi connectivity index (χ1n) is 13.8. The van der Waals surface area contributed by atoms with Gasteiger partial charge in [0.1, 0.15) is 6.04 Å². The van der Waals surface area contributed by atoms with E-state index in [0.29, 0.717) is 10.4 Å². The van der Waals surface area contributed by atoms with E-state index in [2.05, 4.69) is 53.8 Å². The topological polar surface area (TPSA) is 73.0 Å². The SMILES string of the molecule is C/C(=C\[C@H](C(C)C)N(C)C(=O)[C@@H](NC(=O)[C@H]1CCCCN1C(C)C)C(C)C)C(=O)N1CCC(Br)CC1. The Morgan fingerprint density at radius 1 is 0.944 bits per heavy atom. The number of piperidine rings is 2. The molecule has 8 heteroatoms. The zero-order valence-corrected chi connectivity index (χ0v) is 25.3. The number of carbonyl (C=O) groups is 3. The lowest BCUT2D eigenvalue weighted by atomic mass is 9.95. The number of hydrogen-bond acceptors (Lipinski definition) is 4. The molecule has 1 N–H and O–H groups in total. The maximum Gasteiger partial charge on any atom is 0.249 e. The zero-order chi connectivity index (χ0) is 27.2. The number of likely N-dealkylation sites (tertiary alicyclic amines) is 2. The van der Waals surface area contributed by atoms with E-state index in [1.165, 1.54) is 0 Å². The van der Waals surface area contributed by atoms with Crippen LogP contribution in [0.3, 0.4) is 0 Å². The first kappa shape index (κ1) is 30.8. The second-order valence-electron chi connectivity index (χ2n) is 11.6. The van der Waals surface area contributed by atoms with Crippen molar-refractivity contribution in [3.05, 3.63) is 11.6 Å². The number of nitrogens with zero attached hydrogens (tertiary/aromatic N) is 3. The molecule has 0 aromatic rings. The summed E-state index contributed by atoms with van der Waals surface area (Å²) in [5.41, 5.74) is 0.668. The molecule has 2 saturated heterocycles. The molecule has 206 valence electrons. The van der Waals surface area contributed by atoms with Crippen LogP contribution in [0.15, 0.2) is 11.6 Å². The van der Waals surface area contributed by atoms with Gasteiger partial charge in [0.15, 0.2) is 0 Å². The second-order valence-corrected chi connectivity index (χ2v) is 12.9. The molecule has 0 bridgehead atoms. The van der Waals surface area contributed by atoms with E-state index in [1.54, 1.807) is 11.9 Å². The van der Waals surface area contributed by atoms with Gasteiger partial charge in [0, 0.05) is 36.6 Å². The van der Waals surface area contributed by atoms with Crippen molar-refractivity contribution >= 4 is 33.7 Å². The van der Waals surface area contributed by atoms with Gasteiger partial charge >= 0.3 is 0 Å². The molecule has 2 fully saturated rings. The van der Waals surface area contributed by atoms with E-state index < -0.39 is 6.04 Å². The highest BCUT2D eigenvalue weighted by Crippen LogP contribution is 2.23. The van der Waals surface area contributed by atoms with Gasteiger partial charge < -0.3 is 15.1 Å². The van der Waals surface area contributed by atoms with Gasteiger partial charge in [0.2, 0.25) is 17.7 Å². The largest absolute Gasteiger partial charge is 0.343 e. The molecule has 0 radical (unpaired) electrons. The Kier molecular flexibility index (Phi) is 11.9. The summed E-state index contributed by atoms with van der Waals surface area (Å²) in [6, 6.07) is -0.757. The van der Waals surface area contributed by atoms with Crippen LogP contribution in [0.4, 0.5) is 0 Å². The predicted octanol–water partition coefficient (Wildman–Crippen LogP) is 4.21. The Bertz CT molecular complexity index is 790. The number of nitrogens with one attached hydrogen (secondary N) is 1. The normalized spacial score (nSPS) is 22.2. The van der Waals surface area contributed by atoms with Gasteiger partial charge in [0.25, 0.3) is 0 Å². The molecule has 36 heavy (non-hydrogen) atoms. The van der Waals surface area contributed by atoms with Gasteiger partial charge in [-0.25, -0.2) is 0 Å². The van der Waals surface area contributed by atoms with Gasteiger partial charge in [0.05, 0.1) is 12.1 Å². The molecule has 0 spiro atoms. The van der Waals surface area contributed by atoms with Crippen molar-refractivity contribution in [3.8, 4) is 0 Å². The Morgan fingerprint density at radius 2 is 1.56 bits per heavy atom. The molecule has 7 nitrogen and oxygen atoms in total. The highest BCUT2D eigenvalue weighted by atomic mass is 79.9. The summed E-state index contributed by atoms with van der Waals surface area (Å²) in [5, 5.41) is 3.11. The maximum atomic E-state index is 13.7. The van der Waals surface area contributed by atoms with Gasteiger partial charge in [-0.05, 0) is 64.8 Å². The third-order valence-corrected chi connectivity index (χ3v) is 8.60. The minimum Gasteiger partial charge on any atom is -0.343 e. The fourth-order valence-corrected chi connectivity index (χ4v) is 5.77. The summed E-state index contributed by atoms with van der Waals surface area (Å²) in [6.07, 6.45) is 6.80. The van der Waals surface area contributed by atoms with Gasteiger partial charge in [-0.1, -0.05) is 56.1 Å². The highest BCUT2D eigenvalue weighted by molar-refractivity contribution is 9.09. The molecule has 0 aliphatic carbocycles. The quantitative estimate of drug-likeness (QED) is 0.334. The van der Waals surface area contributed by atoms with Crippen LogP contribution in [-0.2, 0) is 14.4 Å². The molecule has 2 aliphatic rings. The minimum atomic E-state index is -0.609. The molecule has 0 aromatic carbocycles. The van der Waals surface area contributed by atoms with Crippen LogP contribution in [-0.4, -0.2) is 88.1 Å². The highest BCUT2D eigenvalue weighted by Gasteiger charge is 2.36. The fourth-order valence-electron chi connectivity index (χ4n) is 5.36. The Hall–Kier alpha value is -1.41. The molecule has 2 aliphatic heterocycles. The van der Waals surface area contributed by atoms with Gasteiger partial charge in [-0.15, -0.1) is 0 Å². The van der Waals surface area contributed by atoms with Crippen molar-refractivity contribution in [2.24, 2.45) is 11.8 Å². The maximum absolute atomic E-state index is 13.7. The van der Waals surface area contributed by atoms with E-state index in [1.807, 2.05) is 31.7 Å². The number of hydrogen-bond donors (Lipinski definition) is 1. The number of likely N-dealkylation sites (N-methyl/N-ethyl adjacent to an activating group) is 1. The summed E-state index contributed by atoms with van der Waals surface area (Å²) in [7, 11) is 1.79. The molecule has 2 rings (SSSR count). The summed E-state index contributed by atoms with van der Waals surface area (Å²) in [6.45, 7) is 16.6. The van der Waals surface area contributed by atoms with Crippen LogP contribution in [0.25, 0.3) is 0 Å². The van der Waals surface area contributed by atoms with E-state index >= 15 is 0 Å². The molecule has 3 atom stereocenters. The van der Waals surface area contributed by atoms with Crippen molar-refractivity contribution in [1.29, 1.82) is 0 Å². The summed E-state index contributed by atoms with van der Waals surface area (Å²) < 4.78 is 0. The Balaban J connectivity index is 2.16. The van der Waals surface area contributed by atoms with Crippen molar-refractivity contribution in [2.75, 3.05) is 26.7 Å². The molecule has 0 unspecified atom stereocenters. The van der Waals surface area contributed by atoms with Crippen molar-refractivity contribution in [3.63, 3.8) is 0 Å². The second kappa shape index (κ2) is 13.9. The number of carbonyl (C=O) groups excluding carboxylic acids is 3. The number of halogens is 1. The lowest BCUT2D eigenvalue weighted by Crippen LogP contribution is -2.58. The van der Waals surface area contributed by atoms with Gasteiger partial charge in [-0.3, -0.25) is 19.3 Å². The van der Waals surface area contributed by atoms with E-state index in [0.717, 1.165) is 51.7 Å². The molecule has 0 aromatic heterocycles. The van der Waals surface area contributed by atoms with Gasteiger partial charge in [-0.2, -0.15) is 0 Å². The smallest absolute Gasteiger partial charge is 0.249 e. The van der Waals surface area contributed by atoms with Crippen LogP contribution >= 0.6 is 15.9 Å². The predicted molar refractivity (Wildman–Crippen MR) is 150 cm³/mol. The molecule has 3 amide bonds. The van der Waals surface area contributed by atoms with E-state index in [-0.39, 0.29) is 47.7 Å². The first-order valence-corrected chi connectivity index (χ1v) is 14.7. The van der Waals surface area contributed by atoms with Crippen LogP contribution in [0, 0.1) is 11.8 Å². The zero-order valence-electron chi connectivity index (χ0n) is 23.7. The Morgan fingerprint density at radius 3 is 2.08 bits per heavy atom. The minimum absolute atomic E-state index is 0.0423. The van der Waals surface area contributed by atoms with Crippen LogP contribution in [0.1, 0.15) is 80.6 Å². The standard InChI is InChI=1S/C28H49BrN4O3/c1-18(2)24(17-21(7)27(35)32-15-12-22(29)13-16-32)31(8)28(36)25(19(3)4)30-26(34)23-11-9-10-14-33(23)20(5)6/h17-20,22-25H,9-16H2,1-8H3,(H,30,34)/b21-17+/t23-,24-,25+/m1/s1. The van der Waals surface area contributed by atoms with Crippen LogP contribution < -0.4 is 5.32 Å². The summed E-state index contributed by atoms with van der Waals surface area (Å²) in [4.78, 5) is 46.5. The van der Waals surface area contributed by atoms with Crippen LogP contribution in [0.5, 0.6) is 0 Å². The first-order chi connectivity index (χ1) is 16.8. The lowest BCUT2D eigenvalue weighted by molar-refractivity contribution is -0.140.